The highest BCUT2D eigenvalue weighted by atomic mass is 15.2. The Labute approximate surface area is 175 Å². The first-order chi connectivity index (χ1) is 14.8. The summed E-state index contributed by atoms with van der Waals surface area (Å²) in [6.07, 6.45) is 10.7. The number of likely N-dealkylation sites (tertiary alicyclic amines) is 1. The summed E-state index contributed by atoms with van der Waals surface area (Å²) >= 11 is 0. The van der Waals surface area contributed by atoms with Crippen molar-refractivity contribution < 1.29 is 0 Å². The molecule has 30 heavy (non-hydrogen) atoms. The number of fused-ring (bicyclic) bond motifs is 2. The lowest BCUT2D eigenvalue weighted by Gasteiger charge is -2.24. The first kappa shape index (κ1) is 17.7. The van der Waals surface area contributed by atoms with Crippen LogP contribution in [0.25, 0.3) is 27.6 Å². The monoisotopic (exact) mass is 395 g/mol. The van der Waals surface area contributed by atoms with Crippen molar-refractivity contribution in [2.45, 2.75) is 38.1 Å². The molecule has 3 heterocycles. The molecule has 0 amide bonds. The Hall–Kier alpha value is -3.10. The average molecular weight is 396 g/mol. The second-order valence-corrected chi connectivity index (χ2v) is 8.91. The third kappa shape index (κ3) is 3.09. The number of hydrogen-bond acceptors (Lipinski definition) is 3. The Morgan fingerprint density at radius 1 is 1.13 bits per heavy atom. The lowest BCUT2D eigenvalue weighted by molar-refractivity contribution is 0.243. The lowest BCUT2D eigenvalue weighted by atomic mass is 10.0. The Morgan fingerprint density at radius 3 is 2.93 bits per heavy atom. The molecule has 2 aromatic heterocycles. The molecular weight excluding hydrogens is 370 g/mol. The molecule has 0 radical (unpaired) electrons. The normalized spacial score (nSPS) is 19.6. The molecule has 150 valence electrons. The van der Waals surface area contributed by atoms with E-state index < -0.39 is 0 Å². The van der Waals surface area contributed by atoms with E-state index in [4.69, 9.17) is 5.26 Å². The standard InChI is InChI=1S/C25H25N5/c26-13-18-5-8-25-24(10-18)28-16-30(25)21-6-7-23-22(12-21)19(14-27-23)11-20-2-1-9-29(20)15-17-3-4-17/h5-8,10,12,14,16-17,20,27H,1-4,9,11,15H2/t20-/m1/s1. The highest BCUT2D eigenvalue weighted by Crippen LogP contribution is 2.34. The molecule has 5 nitrogen and oxygen atoms in total. The van der Waals surface area contributed by atoms with Crippen LogP contribution in [0.1, 0.15) is 36.8 Å². The highest BCUT2D eigenvalue weighted by Gasteiger charge is 2.31. The summed E-state index contributed by atoms with van der Waals surface area (Å²) in [6.45, 7) is 2.56. The maximum Gasteiger partial charge on any atom is 0.100 e. The van der Waals surface area contributed by atoms with Crippen LogP contribution in [0.3, 0.4) is 0 Å². The van der Waals surface area contributed by atoms with Gasteiger partial charge in [-0.3, -0.25) is 9.47 Å². The van der Waals surface area contributed by atoms with Gasteiger partial charge in [0.25, 0.3) is 0 Å². The van der Waals surface area contributed by atoms with Crippen LogP contribution in [0.4, 0.5) is 0 Å². The number of H-pyrrole nitrogens is 1. The maximum absolute atomic E-state index is 9.14. The van der Waals surface area contributed by atoms with E-state index in [1.807, 2.05) is 24.5 Å². The number of benzene rings is 2. The molecule has 0 spiro atoms. The first-order valence-corrected chi connectivity index (χ1v) is 11.0. The van der Waals surface area contributed by atoms with Crippen molar-refractivity contribution in [2.24, 2.45) is 5.92 Å². The third-order valence-electron chi connectivity index (χ3n) is 6.85. The number of aromatic nitrogens is 3. The van der Waals surface area contributed by atoms with Gasteiger partial charge in [-0.2, -0.15) is 5.26 Å². The summed E-state index contributed by atoms with van der Waals surface area (Å²) in [6, 6.07) is 15.1. The molecule has 0 bridgehead atoms. The number of nitrogens with one attached hydrogen (secondary N) is 1. The average Bonchev–Trinajstić information content (AvgIpc) is 3.15. The zero-order valence-corrected chi connectivity index (χ0v) is 17.0. The van der Waals surface area contributed by atoms with Crippen molar-refractivity contribution in [3.63, 3.8) is 0 Å². The molecule has 2 aromatic carbocycles. The summed E-state index contributed by atoms with van der Waals surface area (Å²) in [5, 5.41) is 10.4. The van der Waals surface area contributed by atoms with Gasteiger partial charge in [-0.1, -0.05) is 0 Å². The SMILES string of the molecule is N#Cc1ccc2c(c1)ncn2-c1ccc2[nH]cc(C[C@H]3CCCN3CC3CC3)c2c1. The largest absolute Gasteiger partial charge is 0.361 e. The summed E-state index contributed by atoms with van der Waals surface area (Å²) in [5.74, 6) is 0.955. The molecule has 1 aliphatic carbocycles. The zero-order chi connectivity index (χ0) is 20.1. The van der Waals surface area contributed by atoms with E-state index in [1.54, 1.807) is 0 Å². The van der Waals surface area contributed by atoms with E-state index in [0.717, 1.165) is 29.1 Å². The smallest absolute Gasteiger partial charge is 0.100 e. The van der Waals surface area contributed by atoms with E-state index in [1.165, 1.54) is 55.2 Å². The predicted octanol–water partition coefficient (Wildman–Crippen LogP) is 4.80. The Morgan fingerprint density at radius 2 is 2.07 bits per heavy atom. The number of hydrogen-bond donors (Lipinski definition) is 1. The lowest BCUT2D eigenvalue weighted by Crippen LogP contribution is -2.32. The predicted molar refractivity (Wildman–Crippen MR) is 119 cm³/mol. The molecule has 1 aliphatic heterocycles. The number of imidazole rings is 1. The fourth-order valence-electron chi connectivity index (χ4n) is 5.03. The van der Waals surface area contributed by atoms with Crippen LogP contribution in [0.15, 0.2) is 48.9 Å². The maximum atomic E-state index is 9.14. The summed E-state index contributed by atoms with van der Waals surface area (Å²) in [7, 11) is 0. The van der Waals surface area contributed by atoms with Gasteiger partial charge in [-0.25, -0.2) is 4.98 Å². The van der Waals surface area contributed by atoms with Crippen LogP contribution in [0.5, 0.6) is 0 Å². The van der Waals surface area contributed by atoms with Crippen LogP contribution < -0.4 is 0 Å². The number of nitriles is 1. The molecule has 6 rings (SSSR count). The van der Waals surface area contributed by atoms with Gasteiger partial charge in [0.2, 0.25) is 0 Å². The van der Waals surface area contributed by atoms with Crippen LogP contribution >= 0.6 is 0 Å². The van der Waals surface area contributed by atoms with E-state index >= 15 is 0 Å². The number of rotatable bonds is 5. The van der Waals surface area contributed by atoms with E-state index in [9.17, 15) is 0 Å². The van der Waals surface area contributed by atoms with Crippen LogP contribution in [-0.2, 0) is 6.42 Å². The topological polar surface area (TPSA) is 60.6 Å². The second-order valence-electron chi connectivity index (χ2n) is 8.91. The van der Waals surface area contributed by atoms with Crippen molar-refractivity contribution in [1.82, 2.24) is 19.4 Å². The molecular formula is C25H25N5. The van der Waals surface area contributed by atoms with Crippen LogP contribution in [0.2, 0.25) is 0 Å². The van der Waals surface area contributed by atoms with Gasteiger partial charge in [0.1, 0.15) is 6.33 Å². The summed E-state index contributed by atoms with van der Waals surface area (Å²) in [4.78, 5) is 10.7. The van der Waals surface area contributed by atoms with Crippen molar-refractivity contribution >= 4 is 21.9 Å². The fraction of sp³-hybridized carbons (Fsp3) is 0.360. The quantitative estimate of drug-likeness (QED) is 0.528. The van der Waals surface area contributed by atoms with Gasteiger partial charge < -0.3 is 4.98 Å². The van der Waals surface area contributed by atoms with Gasteiger partial charge >= 0.3 is 0 Å². The van der Waals surface area contributed by atoms with Crippen molar-refractivity contribution in [3.05, 3.63) is 60.0 Å². The van der Waals surface area contributed by atoms with Crippen molar-refractivity contribution in [1.29, 1.82) is 5.26 Å². The second kappa shape index (κ2) is 7.00. The van der Waals surface area contributed by atoms with Crippen molar-refractivity contribution in [2.75, 3.05) is 13.1 Å². The molecule has 5 heteroatoms. The molecule has 4 aromatic rings. The van der Waals surface area contributed by atoms with Gasteiger partial charge in [0.15, 0.2) is 0 Å². The Bertz CT molecular complexity index is 1270. The van der Waals surface area contributed by atoms with Crippen molar-refractivity contribution in [3.8, 4) is 11.8 Å². The molecule has 0 unspecified atom stereocenters. The van der Waals surface area contributed by atoms with E-state index in [-0.39, 0.29) is 0 Å². The van der Waals surface area contributed by atoms with Gasteiger partial charge in [0, 0.05) is 35.4 Å². The molecule has 2 fully saturated rings. The summed E-state index contributed by atoms with van der Waals surface area (Å²) in [5.41, 5.74) is 6.23. The van der Waals surface area contributed by atoms with Crippen LogP contribution in [-0.4, -0.2) is 38.6 Å². The molecule has 1 saturated heterocycles. The molecule has 1 saturated carbocycles. The van der Waals surface area contributed by atoms with E-state index in [2.05, 4.69) is 49.9 Å². The molecule has 2 aliphatic rings. The minimum Gasteiger partial charge on any atom is -0.361 e. The van der Waals surface area contributed by atoms with Gasteiger partial charge in [-0.15, -0.1) is 0 Å². The third-order valence-corrected chi connectivity index (χ3v) is 6.85. The summed E-state index contributed by atoms with van der Waals surface area (Å²) < 4.78 is 2.11. The molecule has 1 N–H and O–H groups in total. The Balaban J connectivity index is 1.34. The molecule has 1 atom stereocenters. The van der Waals surface area contributed by atoms with Gasteiger partial charge in [-0.05, 0) is 86.5 Å². The number of aromatic amines is 1. The van der Waals surface area contributed by atoms with Gasteiger partial charge in [0.05, 0.1) is 22.7 Å². The minimum absolute atomic E-state index is 0.642. The van der Waals surface area contributed by atoms with E-state index in [0.29, 0.717) is 11.6 Å². The fourth-order valence-corrected chi connectivity index (χ4v) is 5.03. The first-order valence-electron chi connectivity index (χ1n) is 11.0. The minimum atomic E-state index is 0.642. The highest BCUT2D eigenvalue weighted by molar-refractivity contribution is 5.86. The zero-order valence-electron chi connectivity index (χ0n) is 17.0. The Kier molecular flexibility index (Phi) is 4.14. The van der Waals surface area contributed by atoms with Crippen LogP contribution in [0, 0.1) is 17.2 Å². The number of nitrogens with zero attached hydrogens (tertiary/aromatic N) is 4.